The molecule has 0 bridgehead atoms. The number of rotatable bonds is 5. The first kappa shape index (κ1) is 15.9. The lowest BCUT2D eigenvalue weighted by Gasteiger charge is -2.33. The van der Waals surface area contributed by atoms with E-state index in [0.717, 1.165) is 6.54 Å². The Balaban J connectivity index is 1.88. The van der Waals surface area contributed by atoms with Gasteiger partial charge in [0.1, 0.15) is 0 Å². The van der Waals surface area contributed by atoms with E-state index < -0.39 is 0 Å². The van der Waals surface area contributed by atoms with Crippen molar-refractivity contribution in [2.24, 2.45) is 0 Å². The van der Waals surface area contributed by atoms with Gasteiger partial charge in [0.05, 0.1) is 11.4 Å². The highest BCUT2D eigenvalue weighted by Gasteiger charge is 2.19. The van der Waals surface area contributed by atoms with Crippen molar-refractivity contribution in [3.63, 3.8) is 0 Å². The SMILES string of the molecule is CC(C)=CCN1CCC(Nc2ccccc2N(C)C)CC1. The summed E-state index contributed by atoms with van der Waals surface area (Å²) in [5, 5.41) is 3.73. The Morgan fingerprint density at radius 3 is 2.52 bits per heavy atom. The number of nitrogens with zero attached hydrogens (tertiary/aromatic N) is 2. The van der Waals surface area contributed by atoms with Crippen LogP contribution in [0.15, 0.2) is 35.9 Å². The van der Waals surface area contributed by atoms with Crippen molar-refractivity contribution in [2.45, 2.75) is 32.7 Å². The highest BCUT2D eigenvalue weighted by molar-refractivity contribution is 5.69. The zero-order valence-corrected chi connectivity index (χ0v) is 13.9. The van der Waals surface area contributed by atoms with E-state index >= 15 is 0 Å². The first-order valence-electron chi connectivity index (χ1n) is 7.95. The van der Waals surface area contributed by atoms with Gasteiger partial charge in [-0.05, 0) is 38.8 Å². The van der Waals surface area contributed by atoms with Crippen LogP contribution in [-0.2, 0) is 0 Å². The molecule has 1 fully saturated rings. The van der Waals surface area contributed by atoms with Crippen molar-refractivity contribution in [1.29, 1.82) is 0 Å². The van der Waals surface area contributed by atoms with Crippen LogP contribution in [0.5, 0.6) is 0 Å². The van der Waals surface area contributed by atoms with Gasteiger partial charge in [-0.2, -0.15) is 0 Å². The van der Waals surface area contributed by atoms with E-state index in [-0.39, 0.29) is 0 Å². The number of likely N-dealkylation sites (tertiary alicyclic amines) is 1. The van der Waals surface area contributed by atoms with Gasteiger partial charge in [-0.15, -0.1) is 0 Å². The average Bonchev–Trinajstić information content (AvgIpc) is 2.47. The Labute approximate surface area is 129 Å². The Kier molecular flexibility index (Phi) is 5.68. The van der Waals surface area contributed by atoms with Crippen LogP contribution in [0, 0.1) is 0 Å². The van der Waals surface area contributed by atoms with Gasteiger partial charge in [0.25, 0.3) is 0 Å². The summed E-state index contributed by atoms with van der Waals surface area (Å²) >= 11 is 0. The number of para-hydroxylation sites is 2. The number of benzene rings is 1. The Hall–Kier alpha value is -1.48. The lowest BCUT2D eigenvalue weighted by Crippen LogP contribution is -2.39. The van der Waals surface area contributed by atoms with Crippen LogP contribution in [0.2, 0.25) is 0 Å². The van der Waals surface area contributed by atoms with Crippen LogP contribution in [0.25, 0.3) is 0 Å². The van der Waals surface area contributed by atoms with Gasteiger partial charge in [0, 0.05) is 39.8 Å². The second-order valence-electron chi connectivity index (χ2n) is 6.41. The number of allylic oxidation sites excluding steroid dienone is 1. The number of nitrogens with one attached hydrogen (secondary N) is 1. The fourth-order valence-corrected chi connectivity index (χ4v) is 2.78. The van der Waals surface area contributed by atoms with E-state index in [1.54, 1.807) is 0 Å². The number of piperidine rings is 1. The highest BCUT2D eigenvalue weighted by Crippen LogP contribution is 2.26. The molecule has 0 unspecified atom stereocenters. The monoisotopic (exact) mass is 287 g/mol. The van der Waals surface area contributed by atoms with E-state index in [0.29, 0.717) is 6.04 Å². The molecule has 1 saturated heterocycles. The molecule has 1 aliphatic rings. The van der Waals surface area contributed by atoms with Crippen LogP contribution in [0.1, 0.15) is 26.7 Å². The third-order valence-electron chi connectivity index (χ3n) is 4.09. The molecule has 1 aliphatic heterocycles. The van der Waals surface area contributed by atoms with E-state index in [1.165, 1.54) is 42.9 Å². The van der Waals surface area contributed by atoms with Crippen molar-refractivity contribution < 1.29 is 0 Å². The molecule has 0 spiro atoms. The summed E-state index contributed by atoms with van der Waals surface area (Å²) in [6.07, 6.45) is 4.77. The molecular formula is C18H29N3. The molecule has 21 heavy (non-hydrogen) atoms. The van der Waals surface area contributed by atoms with Gasteiger partial charge < -0.3 is 10.2 Å². The van der Waals surface area contributed by atoms with E-state index in [9.17, 15) is 0 Å². The maximum Gasteiger partial charge on any atom is 0.0596 e. The van der Waals surface area contributed by atoms with E-state index in [4.69, 9.17) is 0 Å². The highest BCUT2D eigenvalue weighted by atomic mass is 15.1. The number of hydrogen-bond donors (Lipinski definition) is 1. The molecular weight excluding hydrogens is 258 g/mol. The topological polar surface area (TPSA) is 18.5 Å². The lowest BCUT2D eigenvalue weighted by atomic mass is 10.0. The summed E-state index contributed by atoms with van der Waals surface area (Å²) in [4.78, 5) is 4.72. The smallest absolute Gasteiger partial charge is 0.0596 e. The lowest BCUT2D eigenvalue weighted by molar-refractivity contribution is 0.240. The molecule has 1 aromatic rings. The van der Waals surface area contributed by atoms with E-state index in [2.05, 4.69) is 73.4 Å². The van der Waals surface area contributed by atoms with Crippen molar-refractivity contribution in [3.8, 4) is 0 Å². The van der Waals surface area contributed by atoms with Crippen LogP contribution in [0.3, 0.4) is 0 Å². The minimum Gasteiger partial charge on any atom is -0.381 e. The van der Waals surface area contributed by atoms with Crippen LogP contribution in [-0.4, -0.2) is 44.7 Å². The van der Waals surface area contributed by atoms with Crippen LogP contribution in [0.4, 0.5) is 11.4 Å². The second-order valence-corrected chi connectivity index (χ2v) is 6.41. The zero-order chi connectivity index (χ0) is 15.2. The molecule has 1 heterocycles. The third-order valence-corrected chi connectivity index (χ3v) is 4.09. The normalized spacial score (nSPS) is 16.6. The van der Waals surface area contributed by atoms with Gasteiger partial charge in [-0.3, -0.25) is 4.90 Å². The number of hydrogen-bond acceptors (Lipinski definition) is 3. The molecule has 2 rings (SSSR count). The molecule has 116 valence electrons. The zero-order valence-electron chi connectivity index (χ0n) is 13.9. The largest absolute Gasteiger partial charge is 0.381 e. The summed E-state index contributed by atoms with van der Waals surface area (Å²) < 4.78 is 0. The van der Waals surface area contributed by atoms with Gasteiger partial charge in [0.15, 0.2) is 0 Å². The van der Waals surface area contributed by atoms with Crippen molar-refractivity contribution >= 4 is 11.4 Å². The summed E-state index contributed by atoms with van der Waals surface area (Å²) in [5.41, 5.74) is 3.94. The molecule has 3 heteroatoms. The summed E-state index contributed by atoms with van der Waals surface area (Å²) in [6, 6.07) is 9.16. The van der Waals surface area contributed by atoms with Crippen molar-refractivity contribution in [2.75, 3.05) is 43.9 Å². The van der Waals surface area contributed by atoms with Crippen LogP contribution < -0.4 is 10.2 Å². The van der Waals surface area contributed by atoms with Gasteiger partial charge >= 0.3 is 0 Å². The average molecular weight is 287 g/mol. The predicted molar refractivity (Wildman–Crippen MR) is 93.3 cm³/mol. The first-order valence-corrected chi connectivity index (χ1v) is 7.95. The molecule has 1 aromatic carbocycles. The molecule has 0 aliphatic carbocycles. The van der Waals surface area contributed by atoms with Gasteiger partial charge in [-0.25, -0.2) is 0 Å². The predicted octanol–water partition coefficient (Wildman–Crippen LogP) is 3.60. The Bertz CT molecular complexity index is 467. The molecule has 0 amide bonds. The summed E-state index contributed by atoms with van der Waals surface area (Å²) in [7, 11) is 4.20. The van der Waals surface area contributed by atoms with Gasteiger partial charge in [0.2, 0.25) is 0 Å². The maximum atomic E-state index is 3.73. The van der Waals surface area contributed by atoms with Crippen LogP contribution >= 0.6 is 0 Å². The Morgan fingerprint density at radius 2 is 1.90 bits per heavy atom. The molecule has 3 nitrogen and oxygen atoms in total. The second kappa shape index (κ2) is 7.51. The van der Waals surface area contributed by atoms with E-state index in [1.807, 2.05) is 0 Å². The van der Waals surface area contributed by atoms with Crippen molar-refractivity contribution in [3.05, 3.63) is 35.9 Å². The quantitative estimate of drug-likeness (QED) is 0.835. The maximum absolute atomic E-state index is 3.73. The minimum absolute atomic E-state index is 0.592. The van der Waals surface area contributed by atoms with Gasteiger partial charge in [-0.1, -0.05) is 23.8 Å². The number of anilines is 2. The standard InChI is InChI=1S/C18H29N3/c1-15(2)9-12-21-13-10-16(11-14-21)19-17-7-5-6-8-18(17)20(3)4/h5-9,16,19H,10-14H2,1-4H3. The molecule has 0 radical (unpaired) electrons. The molecule has 0 atom stereocenters. The third kappa shape index (κ3) is 4.78. The minimum atomic E-state index is 0.592. The molecule has 0 saturated carbocycles. The Morgan fingerprint density at radius 1 is 1.24 bits per heavy atom. The molecule has 0 aromatic heterocycles. The fourth-order valence-electron chi connectivity index (χ4n) is 2.78. The fraction of sp³-hybridized carbons (Fsp3) is 0.556. The summed E-state index contributed by atoms with van der Waals surface area (Å²) in [5.74, 6) is 0. The summed E-state index contributed by atoms with van der Waals surface area (Å²) in [6.45, 7) is 7.82. The molecule has 1 N–H and O–H groups in total. The van der Waals surface area contributed by atoms with Crippen molar-refractivity contribution in [1.82, 2.24) is 4.90 Å². The first-order chi connectivity index (χ1) is 10.1.